The summed E-state index contributed by atoms with van der Waals surface area (Å²) in [5.74, 6) is 0. The summed E-state index contributed by atoms with van der Waals surface area (Å²) in [4.78, 5) is 0. The van der Waals surface area contributed by atoms with Crippen molar-refractivity contribution in [3.63, 3.8) is 0 Å². The number of aromatic nitrogens is 3. The van der Waals surface area contributed by atoms with E-state index in [-0.39, 0.29) is 0 Å². The van der Waals surface area contributed by atoms with E-state index in [0.29, 0.717) is 0 Å². The Morgan fingerprint density at radius 1 is 0.846 bits per heavy atom. The zero-order chi connectivity index (χ0) is 17.5. The Kier molecular flexibility index (Phi) is 3.39. The lowest BCUT2D eigenvalue weighted by atomic mass is 10.1. The molecule has 0 radical (unpaired) electrons. The maximum Gasteiger partial charge on any atom is 0.0934 e. The van der Waals surface area contributed by atoms with Gasteiger partial charge in [-0.3, -0.25) is 0 Å². The van der Waals surface area contributed by atoms with Gasteiger partial charge in [-0.1, -0.05) is 60.2 Å². The molecule has 3 aromatic heterocycles. The first kappa shape index (κ1) is 15.0. The lowest BCUT2D eigenvalue weighted by Crippen LogP contribution is -2.03. The van der Waals surface area contributed by atoms with Gasteiger partial charge in [0.2, 0.25) is 0 Å². The molecule has 5 aromatic rings. The van der Waals surface area contributed by atoms with Crippen molar-refractivity contribution < 1.29 is 0 Å². The monoisotopic (exact) mass is 337 g/mol. The van der Waals surface area contributed by atoms with E-state index in [4.69, 9.17) is 5.10 Å². The number of fused-ring (bicyclic) bond motifs is 3. The van der Waals surface area contributed by atoms with Crippen molar-refractivity contribution in [3.05, 3.63) is 102 Å². The number of hydrogen-bond acceptors (Lipinski definition) is 1. The van der Waals surface area contributed by atoms with E-state index in [1.807, 2.05) is 6.07 Å². The molecule has 0 N–H and O–H groups in total. The fourth-order valence-electron chi connectivity index (χ4n) is 3.51. The molecule has 0 fully saturated rings. The second-order valence-electron chi connectivity index (χ2n) is 6.78. The minimum absolute atomic E-state index is 0.848. The van der Waals surface area contributed by atoms with E-state index in [1.54, 1.807) is 0 Å². The molecule has 0 atom stereocenters. The molecule has 3 heterocycles. The fraction of sp³-hybridized carbons (Fsp3) is 0.0870. The van der Waals surface area contributed by atoms with Gasteiger partial charge in [0.1, 0.15) is 0 Å². The molecule has 0 saturated heterocycles. The zero-order valence-electron chi connectivity index (χ0n) is 14.6. The lowest BCUT2D eigenvalue weighted by Gasteiger charge is -2.08. The van der Waals surface area contributed by atoms with Gasteiger partial charge in [-0.2, -0.15) is 5.10 Å². The Bertz CT molecular complexity index is 1200. The Labute approximate surface area is 152 Å². The van der Waals surface area contributed by atoms with Gasteiger partial charge >= 0.3 is 0 Å². The molecule has 3 nitrogen and oxygen atoms in total. The fourth-order valence-corrected chi connectivity index (χ4v) is 3.51. The lowest BCUT2D eigenvalue weighted by molar-refractivity contribution is 0.864. The van der Waals surface area contributed by atoms with Gasteiger partial charge in [-0.05, 0) is 30.7 Å². The normalized spacial score (nSPS) is 11.4. The molecular weight excluding hydrogens is 318 g/mol. The Balaban J connectivity index is 1.70. The van der Waals surface area contributed by atoms with Gasteiger partial charge in [0.15, 0.2) is 0 Å². The Hall–Kier alpha value is -3.33. The quantitative estimate of drug-likeness (QED) is 0.446. The third-order valence-corrected chi connectivity index (χ3v) is 4.89. The van der Waals surface area contributed by atoms with Gasteiger partial charge in [0.05, 0.1) is 22.4 Å². The van der Waals surface area contributed by atoms with Crippen molar-refractivity contribution in [1.29, 1.82) is 0 Å². The van der Waals surface area contributed by atoms with Crippen LogP contribution in [-0.4, -0.2) is 14.0 Å². The molecule has 0 unspecified atom stereocenters. The van der Waals surface area contributed by atoms with Crippen LogP contribution in [0.15, 0.2) is 85.2 Å². The second-order valence-corrected chi connectivity index (χ2v) is 6.78. The molecule has 0 bridgehead atoms. The first-order valence-electron chi connectivity index (χ1n) is 8.87. The summed E-state index contributed by atoms with van der Waals surface area (Å²) in [6, 6.07) is 25.5. The van der Waals surface area contributed by atoms with E-state index in [0.717, 1.165) is 23.2 Å². The van der Waals surface area contributed by atoms with Crippen LogP contribution in [0.25, 0.3) is 22.3 Å². The second kappa shape index (κ2) is 5.88. The van der Waals surface area contributed by atoms with Crippen LogP contribution in [0.1, 0.15) is 16.8 Å². The van der Waals surface area contributed by atoms with Crippen LogP contribution >= 0.6 is 0 Å². The molecule has 0 aliphatic rings. The van der Waals surface area contributed by atoms with Crippen LogP contribution in [0.3, 0.4) is 0 Å². The highest BCUT2D eigenvalue weighted by Gasteiger charge is 2.12. The third kappa shape index (κ3) is 2.49. The summed E-state index contributed by atoms with van der Waals surface area (Å²) in [5.41, 5.74) is 8.21. The average molecular weight is 337 g/mol. The highest BCUT2D eigenvalue weighted by atomic mass is 15.2. The van der Waals surface area contributed by atoms with Gasteiger partial charge in [0, 0.05) is 24.4 Å². The summed E-state index contributed by atoms with van der Waals surface area (Å²) in [6.45, 7) is 2.12. The highest BCUT2D eigenvalue weighted by molar-refractivity contribution is 5.80. The standard InChI is InChI=1S/C23H19N3/c1-17-9-11-18(12-10-17)14-20-16-25-13-5-8-22(25)23-15-21(24-26(20)23)19-6-3-2-4-7-19/h2-13,15-16H,14H2,1H3. The minimum atomic E-state index is 0.848. The predicted octanol–water partition coefficient (Wildman–Crippen LogP) is 5.15. The molecule has 3 heteroatoms. The molecular formula is C23H19N3. The van der Waals surface area contributed by atoms with Crippen LogP contribution in [0, 0.1) is 6.92 Å². The molecule has 0 spiro atoms. The van der Waals surface area contributed by atoms with Gasteiger partial charge in [0.25, 0.3) is 0 Å². The number of hydrogen-bond donors (Lipinski definition) is 0. The summed E-state index contributed by atoms with van der Waals surface area (Å²) in [5, 5.41) is 4.93. The third-order valence-electron chi connectivity index (χ3n) is 4.89. The van der Waals surface area contributed by atoms with E-state index in [1.165, 1.54) is 22.3 Å². The molecule has 0 aliphatic carbocycles. The van der Waals surface area contributed by atoms with Crippen molar-refractivity contribution in [3.8, 4) is 11.3 Å². The topological polar surface area (TPSA) is 21.7 Å². The smallest absolute Gasteiger partial charge is 0.0934 e. The molecule has 2 aromatic carbocycles. The molecule has 0 saturated carbocycles. The van der Waals surface area contributed by atoms with Crippen molar-refractivity contribution in [1.82, 2.24) is 14.0 Å². The summed E-state index contributed by atoms with van der Waals surface area (Å²) < 4.78 is 4.28. The molecule has 5 rings (SSSR count). The van der Waals surface area contributed by atoms with Gasteiger partial charge in [-0.25, -0.2) is 4.52 Å². The summed E-state index contributed by atoms with van der Waals surface area (Å²) >= 11 is 0. The highest BCUT2D eigenvalue weighted by Crippen LogP contribution is 2.25. The van der Waals surface area contributed by atoms with Crippen molar-refractivity contribution in [2.75, 3.05) is 0 Å². The largest absolute Gasteiger partial charge is 0.320 e. The van der Waals surface area contributed by atoms with Crippen molar-refractivity contribution in [2.24, 2.45) is 0 Å². The van der Waals surface area contributed by atoms with Gasteiger partial charge < -0.3 is 4.40 Å². The van der Waals surface area contributed by atoms with E-state index in [9.17, 15) is 0 Å². The zero-order valence-corrected chi connectivity index (χ0v) is 14.6. The molecule has 0 amide bonds. The van der Waals surface area contributed by atoms with Crippen LogP contribution in [0.4, 0.5) is 0 Å². The average Bonchev–Trinajstić information content (AvgIpc) is 3.31. The first-order valence-corrected chi connectivity index (χ1v) is 8.87. The Morgan fingerprint density at radius 3 is 2.46 bits per heavy atom. The maximum absolute atomic E-state index is 4.93. The first-order chi connectivity index (χ1) is 12.8. The number of nitrogens with zero attached hydrogens (tertiary/aromatic N) is 3. The minimum Gasteiger partial charge on any atom is -0.320 e. The molecule has 26 heavy (non-hydrogen) atoms. The van der Waals surface area contributed by atoms with E-state index < -0.39 is 0 Å². The maximum atomic E-state index is 4.93. The molecule has 0 aliphatic heterocycles. The van der Waals surface area contributed by atoms with E-state index >= 15 is 0 Å². The van der Waals surface area contributed by atoms with Crippen LogP contribution in [0.5, 0.6) is 0 Å². The van der Waals surface area contributed by atoms with Crippen molar-refractivity contribution >= 4 is 11.0 Å². The predicted molar refractivity (Wildman–Crippen MR) is 106 cm³/mol. The van der Waals surface area contributed by atoms with Crippen LogP contribution in [-0.2, 0) is 6.42 Å². The van der Waals surface area contributed by atoms with Crippen molar-refractivity contribution in [2.45, 2.75) is 13.3 Å². The molecule has 126 valence electrons. The number of aryl methyl sites for hydroxylation is 1. The SMILES string of the molecule is Cc1ccc(Cc2cn3cccc3c3cc(-c4ccccc4)nn23)cc1. The van der Waals surface area contributed by atoms with Crippen LogP contribution < -0.4 is 0 Å². The van der Waals surface area contributed by atoms with Crippen LogP contribution in [0.2, 0.25) is 0 Å². The number of benzene rings is 2. The van der Waals surface area contributed by atoms with Gasteiger partial charge in [-0.15, -0.1) is 0 Å². The van der Waals surface area contributed by atoms with E-state index in [2.05, 4.69) is 95.0 Å². The Morgan fingerprint density at radius 2 is 1.65 bits per heavy atom. The summed E-state index contributed by atoms with van der Waals surface area (Å²) in [7, 11) is 0. The summed E-state index contributed by atoms with van der Waals surface area (Å²) in [6.07, 6.45) is 5.13. The number of rotatable bonds is 3.